The summed E-state index contributed by atoms with van der Waals surface area (Å²) in [5, 5.41) is 8.90. The Balaban J connectivity index is 1.74. The molecule has 0 saturated carbocycles. The van der Waals surface area contributed by atoms with Crippen molar-refractivity contribution in [1.82, 2.24) is 9.97 Å². The van der Waals surface area contributed by atoms with Gasteiger partial charge in [0.05, 0.1) is 10.7 Å². The Morgan fingerprint density at radius 2 is 1.70 bits per heavy atom. The van der Waals surface area contributed by atoms with Gasteiger partial charge in [0.2, 0.25) is 11.9 Å². The van der Waals surface area contributed by atoms with Crippen molar-refractivity contribution >= 4 is 46.4 Å². The van der Waals surface area contributed by atoms with Crippen LogP contribution in [0.2, 0.25) is 5.02 Å². The molecule has 2 aromatic carbocycles. The summed E-state index contributed by atoms with van der Waals surface area (Å²) in [7, 11) is 0. The first-order chi connectivity index (χ1) is 13.0. The quantitative estimate of drug-likeness (QED) is 0.618. The second kappa shape index (κ2) is 8.29. The van der Waals surface area contributed by atoms with Gasteiger partial charge in [-0.2, -0.15) is 0 Å². The molecule has 0 aliphatic rings. The van der Waals surface area contributed by atoms with Gasteiger partial charge in [-0.05, 0) is 36.4 Å². The molecular weight excluding hydrogens is 366 g/mol. The fourth-order valence-electron chi connectivity index (χ4n) is 2.30. The average Bonchev–Trinajstić information content (AvgIpc) is 2.64. The smallest absolute Gasteiger partial charge is 0.274 e. The minimum Gasteiger partial charge on any atom is -0.326 e. The third-order valence-electron chi connectivity index (χ3n) is 3.45. The molecule has 27 heavy (non-hydrogen) atoms. The van der Waals surface area contributed by atoms with Gasteiger partial charge in [-0.15, -0.1) is 0 Å². The second-order valence-corrected chi connectivity index (χ2v) is 5.99. The summed E-state index contributed by atoms with van der Waals surface area (Å²) in [5.74, 6) is -0.341. The highest BCUT2D eigenvalue weighted by molar-refractivity contribution is 6.33. The van der Waals surface area contributed by atoms with E-state index in [-0.39, 0.29) is 17.5 Å². The number of nitrogens with zero attached hydrogens (tertiary/aromatic N) is 2. The summed E-state index contributed by atoms with van der Waals surface area (Å²) in [5.41, 5.74) is 1.94. The highest BCUT2D eigenvalue weighted by Gasteiger charge is 2.11. The largest absolute Gasteiger partial charge is 0.326 e. The zero-order valence-corrected chi connectivity index (χ0v) is 15.1. The van der Waals surface area contributed by atoms with Crippen LogP contribution in [0.25, 0.3) is 0 Å². The number of benzene rings is 2. The van der Waals surface area contributed by atoms with Crippen molar-refractivity contribution in [3.8, 4) is 0 Å². The summed E-state index contributed by atoms with van der Waals surface area (Å²) >= 11 is 6.11. The Labute approximate surface area is 160 Å². The molecule has 3 N–H and O–H groups in total. The maximum atomic E-state index is 12.5. The van der Waals surface area contributed by atoms with Crippen molar-refractivity contribution in [1.29, 1.82) is 0 Å². The highest BCUT2D eigenvalue weighted by Crippen LogP contribution is 2.23. The number of para-hydroxylation sites is 1. The van der Waals surface area contributed by atoms with Gasteiger partial charge in [0.25, 0.3) is 5.91 Å². The van der Waals surface area contributed by atoms with E-state index in [0.717, 1.165) is 0 Å². The van der Waals surface area contributed by atoms with Gasteiger partial charge >= 0.3 is 0 Å². The number of carbonyl (C=O) groups excluding carboxylic acids is 2. The van der Waals surface area contributed by atoms with Crippen molar-refractivity contribution in [2.24, 2.45) is 0 Å². The van der Waals surface area contributed by atoms with E-state index in [4.69, 9.17) is 11.6 Å². The first-order valence-corrected chi connectivity index (χ1v) is 8.42. The molecule has 0 aliphatic carbocycles. The summed E-state index contributed by atoms with van der Waals surface area (Å²) in [6.07, 6.45) is 1.48. The molecule has 0 unspecified atom stereocenters. The summed E-state index contributed by atoms with van der Waals surface area (Å²) in [4.78, 5) is 31.9. The lowest BCUT2D eigenvalue weighted by atomic mass is 10.2. The molecule has 1 aromatic heterocycles. The van der Waals surface area contributed by atoms with E-state index in [1.54, 1.807) is 36.4 Å². The van der Waals surface area contributed by atoms with Crippen molar-refractivity contribution < 1.29 is 9.59 Å². The normalized spacial score (nSPS) is 10.1. The van der Waals surface area contributed by atoms with E-state index in [1.807, 2.05) is 12.1 Å². The number of halogens is 1. The van der Waals surface area contributed by atoms with Crippen LogP contribution in [0.1, 0.15) is 17.4 Å². The van der Waals surface area contributed by atoms with E-state index in [2.05, 4.69) is 25.9 Å². The summed E-state index contributed by atoms with van der Waals surface area (Å²) in [6.45, 7) is 1.42. The molecule has 3 aromatic rings. The van der Waals surface area contributed by atoms with Gasteiger partial charge < -0.3 is 16.0 Å². The number of amides is 2. The third kappa shape index (κ3) is 5.02. The van der Waals surface area contributed by atoms with Gasteiger partial charge in [0.1, 0.15) is 5.69 Å². The molecule has 0 bridgehead atoms. The fourth-order valence-corrected chi connectivity index (χ4v) is 2.48. The van der Waals surface area contributed by atoms with E-state index < -0.39 is 5.91 Å². The lowest BCUT2D eigenvalue weighted by molar-refractivity contribution is -0.114. The maximum Gasteiger partial charge on any atom is 0.274 e. The Kier molecular flexibility index (Phi) is 5.63. The van der Waals surface area contributed by atoms with Gasteiger partial charge in [-0.25, -0.2) is 9.97 Å². The zero-order chi connectivity index (χ0) is 19.2. The lowest BCUT2D eigenvalue weighted by Crippen LogP contribution is -2.15. The molecule has 8 heteroatoms. The first kappa shape index (κ1) is 18.3. The molecule has 0 fully saturated rings. The van der Waals surface area contributed by atoms with Crippen LogP contribution in [0.15, 0.2) is 60.8 Å². The molecule has 0 radical (unpaired) electrons. The predicted octanol–water partition coefficient (Wildman–Crippen LogP) is 4.08. The first-order valence-electron chi connectivity index (χ1n) is 8.05. The number of hydrogen-bond donors (Lipinski definition) is 3. The van der Waals surface area contributed by atoms with Crippen LogP contribution in [0.3, 0.4) is 0 Å². The van der Waals surface area contributed by atoms with Crippen LogP contribution in [0, 0.1) is 0 Å². The summed E-state index contributed by atoms with van der Waals surface area (Å²) in [6, 6.07) is 15.5. The SMILES string of the molecule is CC(=O)Nc1cccc(NC(=O)c2ccnc(Nc3ccccc3Cl)n2)c1. The maximum absolute atomic E-state index is 12.5. The van der Waals surface area contributed by atoms with Crippen molar-refractivity contribution in [2.45, 2.75) is 6.92 Å². The molecule has 0 saturated heterocycles. The van der Waals surface area contributed by atoms with Crippen LogP contribution >= 0.6 is 11.6 Å². The number of aromatic nitrogens is 2. The second-order valence-electron chi connectivity index (χ2n) is 5.59. The van der Waals surface area contributed by atoms with E-state index in [0.29, 0.717) is 22.1 Å². The molecule has 3 rings (SSSR count). The Bertz CT molecular complexity index is 993. The Hall–Kier alpha value is -3.45. The zero-order valence-electron chi connectivity index (χ0n) is 14.4. The van der Waals surface area contributed by atoms with Gasteiger partial charge in [-0.3, -0.25) is 9.59 Å². The number of hydrogen-bond acceptors (Lipinski definition) is 5. The Morgan fingerprint density at radius 1 is 0.963 bits per heavy atom. The van der Waals surface area contributed by atoms with E-state index in [9.17, 15) is 9.59 Å². The van der Waals surface area contributed by atoms with Crippen LogP contribution in [-0.2, 0) is 4.79 Å². The number of nitrogens with one attached hydrogen (secondary N) is 3. The van der Waals surface area contributed by atoms with E-state index >= 15 is 0 Å². The minimum absolute atomic E-state index is 0.185. The topological polar surface area (TPSA) is 96.0 Å². The van der Waals surface area contributed by atoms with Crippen molar-refractivity contribution in [3.05, 3.63) is 71.5 Å². The van der Waals surface area contributed by atoms with Gasteiger partial charge in [-0.1, -0.05) is 29.8 Å². The lowest BCUT2D eigenvalue weighted by Gasteiger charge is -2.09. The fraction of sp³-hybridized carbons (Fsp3) is 0.0526. The van der Waals surface area contributed by atoms with Crippen molar-refractivity contribution in [3.63, 3.8) is 0 Å². The molecule has 1 heterocycles. The average molecular weight is 382 g/mol. The van der Waals surface area contributed by atoms with E-state index in [1.165, 1.54) is 19.2 Å². The van der Waals surface area contributed by atoms with Gasteiger partial charge in [0, 0.05) is 24.5 Å². The standard InChI is InChI=1S/C19H16ClN5O2/c1-12(26)22-13-5-4-6-14(11-13)23-18(27)17-9-10-21-19(25-17)24-16-8-3-2-7-15(16)20/h2-11H,1H3,(H,22,26)(H,23,27)(H,21,24,25). The minimum atomic E-state index is -0.403. The molecule has 7 nitrogen and oxygen atoms in total. The number of anilines is 4. The molecule has 2 amide bonds. The van der Waals surface area contributed by atoms with Crippen LogP contribution < -0.4 is 16.0 Å². The van der Waals surface area contributed by atoms with Crippen LogP contribution in [-0.4, -0.2) is 21.8 Å². The highest BCUT2D eigenvalue weighted by atomic mass is 35.5. The van der Waals surface area contributed by atoms with Crippen molar-refractivity contribution in [2.75, 3.05) is 16.0 Å². The number of carbonyl (C=O) groups is 2. The van der Waals surface area contributed by atoms with Crippen LogP contribution in [0.5, 0.6) is 0 Å². The molecule has 136 valence electrons. The monoisotopic (exact) mass is 381 g/mol. The molecule has 0 aliphatic heterocycles. The van der Waals surface area contributed by atoms with Crippen LogP contribution in [0.4, 0.5) is 23.0 Å². The third-order valence-corrected chi connectivity index (χ3v) is 3.78. The molecule has 0 atom stereocenters. The van der Waals surface area contributed by atoms with Gasteiger partial charge in [0.15, 0.2) is 0 Å². The number of rotatable bonds is 5. The summed E-state index contributed by atoms with van der Waals surface area (Å²) < 4.78 is 0. The predicted molar refractivity (Wildman–Crippen MR) is 105 cm³/mol. The Morgan fingerprint density at radius 3 is 2.44 bits per heavy atom. The molecule has 0 spiro atoms. The molecular formula is C19H16ClN5O2.